The van der Waals surface area contributed by atoms with Gasteiger partial charge in [0.1, 0.15) is 24.6 Å². The third-order valence-electron chi connectivity index (χ3n) is 7.83. The Morgan fingerprint density at radius 3 is 2.26 bits per heavy atom. The van der Waals surface area contributed by atoms with Crippen molar-refractivity contribution < 1.29 is 20.1 Å². The van der Waals surface area contributed by atoms with Crippen LogP contribution >= 0.6 is 0 Å². The Bertz CT molecular complexity index is 1580. The van der Waals surface area contributed by atoms with Crippen LogP contribution in [0.2, 0.25) is 0 Å². The second-order valence-electron chi connectivity index (χ2n) is 11.0. The summed E-state index contributed by atoms with van der Waals surface area (Å²) in [6.07, 6.45) is -1.66. The van der Waals surface area contributed by atoms with Gasteiger partial charge < -0.3 is 30.7 Å². The number of anilines is 2. The molecular weight excluding hydrogens is 550 g/mol. The van der Waals surface area contributed by atoms with E-state index in [9.17, 15) is 15.3 Å². The van der Waals surface area contributed by atoms with E-state index in [0.29, 0.717) is 29.4 Å². The maximum Gasteiger partial charge on any atom is 0.227 e. The summed E-state index contributed by atoms with van der Waals surface area (Å²) in [4.78, 5) is 18.2. The van der Waals surface area contributed by atoms with Gasteiger partial charge in [-0.25, -0.2) is 9.97 Å². The molecule has 3 aromatic heterocycles. The van der Waals surface area contributed by atoms with Crippen LogP contribution in [0, 0.1) is 5.92 Å². The summed E-state index contributed by atoms with van der Waals surface area (Å²) in [7, 11) is 0. The number of hydrogen-bond acceptors (Lipinski definition) is 11. The average Bonchev–Trinajstić information content (AvgIpc) is 3.77. The number of imidazole rings is 1. The van der Waals surface area contributed by atoms with Crippen molar-refractivity contribution in [3.05, 3.63) is 90.3 Å². The molecule has 0 spiro atoms. The highest BCUT2D eigenvalue weighted by atomic mass is 16.6. The van der Waals surface area contributed by atoms with Gasteiger partial charge in [0, 0.05) is 12.5 Å². The van der Waals surface area contributed by atoms with E-state index < -0.39 is 24.5 Å². The van der Waals surface area contributed by atoms with Crippen molar-refractivity contribution in [3.63, 3.8) is 0 Å². The zero-order valence-electron chi connectivity index (χ0n) is 23.8. The Morgan fingerprint density at radius 1 is 0.953 bits per heavy atom. The van der Waals surface area contributed by atoms with E-state index in [-0.39, 0.29) is 30.4 Å². The van der Waals surface area contributed by atoms with Gasteiger partial charge in [-0.1, -0.05) is 74.5 Å². The summed E-state index contributed by atoms with van der Waals surface area (Å²) < 4.78 is 7.64. The monoisotopic (exact) mass is 585 g/mol. The molecule has 0 radical (unpaired) electrons. The number of nitrogens with zero attached hydrogens (tertiary/aromatic N) is 6. The molecule has 0 amide bonds. The topological polar surface area (TPSA) is 179 Å². The molecule has 5 atom stereocenters. The molecule has 6 N–H and O–H groups in total. The highest BCUT2D eigenvalue weighted by Gasteiger charge is 2.46. The van der Waals surface area contributed by atoms with Gasteiger partial charge in [-0.3, -0.25) is 9.67 Å². The molecular formula is C30H35N9O4. The van der Waals surface area contributed by atoms with Crippen molar-refractivity contribution in [3.8, 4) is 0 Å². The number of hydrogen-bond donors (Lipinski definition) is 6. The normalized spacial score (nSPS) is 21.1. The summed E-state index contributed by atoms with van der Waals surface area (Å²) in [5.41, 5.74) is 3.13. The molecule has 6 rings (SSSR count). The molecule has 1 aliphatic rings. The van der Waals surface area contributed by atoms with Crippen molar-refractivity contribution in [1.29, 1.82) is 0 Å². The molecule has 224 valence electrons. The second kappa shape index (κ2) is 12.4. The maximum absolute atomic E-state index is 11.0. The summed E-state index contributed by atoms with van der Waals surface area (Å²) in [6, 6.07) is 20.2. The van der Waals surface area contributed by atoms with Crippen LogP contribution in [-0.2, 0) is 4.74 Å². The lowest BCUT2D eigenvalue weighted by Gasteiger charge is -2.22. The minimum Gasteiger partial charge on any atom is -0.394 e. The fourth-order valence-electron chi connectivity index (χ4n) is 5.34. The molecule has 2 aromatic carbocycles. The smallest absolute Gasteiger partial charge is 0.227 e. The van der Waals surface area contributed by atoms with E-state index in [0.717, 1.165) is 11.1 Å². The van der Waals surface area contributed by atoms with E-state index in [1.54, 1.807) is 4.57 Å². The highest BCUT2D eigenvalue weighted by molar-refractivity contribution is 5.84. The van der Waals surface area contributed by atoms with Gasteiger partial charge >= 0.3 is 0 Å². The molecule has 5 aromatic rings. The van der Waals surface area contributed by atoms with E-state index >= 15 is 0 Å². The predicted octanol–water partition coefficient (Wildman–Crippen LogP) is 2.61. The highest BCUT2D eigenvalue weighted by Crippen LogP contribution is 2.39. The van der Waals surface area contributed by atoms with Gasteiger partial charge in [-0.15, -0.1) is 0 Å². The molecule has 13 heteroatoms. The first kappa shape index (κ1) is 28.7. The SMILES string of the molecule is CC(C)C(CO)Nc1nc(NCC(c2ccccc2)c2ccccc2)c2ncn([C@@H]3O[C@H](c4ncn[nH]4)[C@@H](O)[C@H]3O)c2n1. The zero-order chi connectivity index (χ0) is 29.9. The van der Waals surface area contributed by atoms with Crippen LogP contribution in [-0.4, -0.2) is 81.4 Å². The van der Waals surface area contributed by atoms with Crippen LogP contribution < -0.4 is 10.6 Å². The summed E-state index contributed by atoms with van der Waals surface area (Å²) >= 11 is 0. The minimum absolute atomic E-state index is 0.0181. The van der Waals surface area contributed by atoms with Gasteiger partial charge in [0.25, 0.3) is 0 Å². The number of aromatic amines is 1. The minimum atomic E-state index is -1.29. The number of benzene rings is 2. The van der Waals surface area contributed by atoms with E-state index in [1.165, 1.54) is 12.7 Å². The van der Waals surface area contributed by atoms with Gasteiger partial charge in [-0.2, -0.15) is 15.1 Å². The Labute approximate surface area is 248 Å². The lowest BCUT2D eigenvalue weighted by Crippen LogP contribution is -2.31. The molecule has 1 saturated heterocycles. The van der Waals surface area contributed by atoms with Crippen molar-refractivity contribution in [2.24, 2.45) is 5.92 Å². The third-order valence-corrected chi connectivity index (χ3v) is 7.83. The van der Waals surface area contributed by atoms with Gasteiger partial charge in [0.05, 0.1) is 19.0 Å². The van der Waals surface area contributed by atoms with Crippen LogP contribution in [0.3, 0.4) is 0 Å². The van der Waals surface area contributed by atoms with Crippen LogP contribution in [0.15, 0.2) is 73.3 Å². The number of aliphatic hydroxyl groups excluding tert-OH is 3. The van der Waals surface area contributed by atoms with Crippen molar-refractivity contribution >= 4 is 22.9 Å². The number of aliphatic hydroxyl groups is 3. The second-order valence-corrected chi connectivity index (χ2v) is 11.0. The zero-order valence-corrected chi connectivity index (χ0v) is 23.8. The third kappa shape index (κ3) is 5.79. The van der Waals surface area contributed by atoms with Gasteiger partial charge in [0.15, 0.2) is 29.0 Å². The summed E-state index contributed by atoms with van der Waals surface area (Å²) in [6.45, 7) is 4.39. The molecule has 1 fully saturated rings. The number of H-pyrrole nitrogens is 1. The maximum atomic E-state index is 11.0. The molecule has 4 heterocycles. The number of rotatable bonds is 11. The Balaban J connectivity index is 1.37. The van der Waals surface area contributed by atoms with E-state index in [4.69, 9.17) is 14.7 Å². The first-order chi connectivity index (χ1) is 20.9. The summed E-state index contributed by atoms with van der Waals surface area (Å²) in [5.74, 6) is 1.17. The number of fused-ring (bicyclic) bond motifs is 1. The first-order valence-corrected chi connectivity index (χ1v) is 14.3. The quantitative estimate of drug-likeness (QED) is 0.134. The molecule has 0 aliphatic carbocycles. The standard InChI is InChI=1S/C30H35N9O4/c1-17(2)21(14-40)35-30-36-26(31-13-20(18-9-5-3-6-10-18)19-11-7-4-8-12-19)22-28(37-30)39(16-33-22)29-24(42)23(41)25(43-29)27-32-15-34-38-27/h3-12,15-17,20-21,23-25,29,40-42H,13-14H2,1-2H3,(H,32,34,38)(H2,31,35,36,37)/t21?,23-,24+,25-,29+/m0/s1. The Morgan fingerprint density at radius 2 is 1.65 bits per heavy atom. The first-order valence-electron chi connectivity index (χ1n) is 14.3. The Kier molecular flexibility index (Phi) is 8.29. The van der Waals surface area contributed by atoms with Gasteiger partial charge in [0.2, 0.25) is 5.95 Å². The molecule has 43 heavy (non-hydrogen) atoms. The van der Waals surface area contributed by atoms with Gasteiger partial charge in [-0.05, 0) is 17.0 Å². The van der Waals surface area contributed by atoms with Crippen molar-refractivity contribution in [2.45, 2.75) is 50.3 Å². The molecule has 0 saturated carbocycles. The lowest BCUT2D eigenvalue weighted by atomic mass is 9.91. The fourth-order valence-corrected chi connectivity index (χ4v) is 5.34. The predicted molar refractivity (Wildman–Crippen MR) is 159 cm³/mol. The van der Waals surface area contributed by atoms with E-state index in [1.807, 2.05) is 50.2 Å². The molecule has 1 unspecified atom stereocenters. The lowest BCUT2D eigenvalue weighted by molar-refractivity contribution is -0.0382. The number of aromatic nitrogens is 7. The van der Waals surface area contributed by atoms with Crippen molar-refractivity contribution in [1.82, 2.24) is 34.7 Å². The van der Waals surface area contributed by atoms with Crippen LogP contribution in [0.1, 0.15) is 49.0 Å². The van der Waals surface area contributed by atoms with Crippen LogP contribution in [0.5, 0.6) is 0 Å². The molecule has 0 bridgehead atoms. The summed E-state index contributed by atoms with van der Waals surface area (Å²) in [5, 5.41) is 45.0. The molecule has 1 aliphatic heterocycles. The van der Waals surface area contributed by atoms with Crippen molar-refractivity contribution in [2.75, 3.05) is 23.8 Å². The molecule has 13 nitrogen and oxygen atoms in total. The van der Waals surface area contributed by atoms with Crippen LogP contribution in [0.4, 0.5) is 11.8 Å². The average molecular weight is 586 g/mol. The van der Waals surface area contributed by atoms with Crippen LogP contribution in [0.25, 0.3) is 11.2 Å². The number of ether oxygens (including phenoxy) is 1. The largest absolute Gasteiger partial charge is 0.394 e. The van der Waals surface area contributed by atoms with E-state index in [2.05, 4.69) is 55.1 Å². The Hall–Kier alpha value is -4.43. The number of nitrogens with one attached hydrogen (secondary N) is 3. The fraction of sp³-hybridized carbons (Fsp3) is 0.367.